The van der Waals surface area contributed by atoms with Gasteiger partial charge in [-0.1, -0.05) is 6.07 Å². The largest absolute Gasteiger partial charge is 0.494 e. The molecule has 0 unspecified atom stereocenters. The first kappa shape index (κ1) is 12.6. The first-order chi connectivity index (χ1) is 9.08. The van der Waals surface area contributed by atoms with Gasteiger partial charge < -0.3 is 16.2 Å². The minimum absolute atomic E-state index is 0.0265. The molecular formula is C12H10FN5O. The zero-order chi connectivity index (χ0) is 14.0. The van der Waals surface area contributed by atoms with Crippen LogP contribution < -0.4 is 16.2 Å². The topological polar surface area (TPSA) is 111 Å². The average molecular weight is 259 g/mol. The molecule has 2 rings (SSSR count). The highest BCUT2D eigenvalue weighted by Crippen LogP contribution is 2.31. The molecule has 6 nitrogen and oxygen atoms in total. The summed E-state index contributed by atoms with van der Waals surface area (Å²) in [5.41, 5.74) is 11.2. The molecule has 0 saturated heterocycles. The van der Waals surface area contributed by atoms with Crippen LogP contribution >= 0.6 is 0 Å². The van der Waals surface area contributed by atoms with Crippen LogP contribution in [0.4, 0.5) is 16.2 Å². The highest BCUT2D eigenvalue weighted by molar-refractivity contribution is 5.74. The normalized spacial score (nSPS) is 9.95. The lowest BCUT2D eigenvalue weighted by atomic mass is 10.1. The van der Waals surface area contributed by atoms with Crippen LogP contribution in [0.3, 0.4) is 0 Å². The molecule has 19 heavy (non-hydrogen) atoms. The van der Waals surface area contributed by atoms with E-state index in [2.05, 4.69) is 9.97 Å². The minimum atomic E-state index is -0.640. The Morgan fingerprint density at radius 3 is 2.68 bits per heavy atom. The summed E-state index contributed by atoms with van der Waals surface area (Å²) in [6.07, 6.45) is 0. The molecule has 0 radical (unpaired) electrons. The number of hydrogen-bond acceptors (Lipinski definition) is 6. The number of halogens is 1. The number of ether oxygens (including phenoxy) is 1. The Hall–Kier alpha value is -2.88. The molecule has 0 bridgehead atoms. The fourth-order valence-electron chi connectivity index (χ4n) is 1.65. The van der Waals surface area contributed by atoms with Crippen LogP contribution in [-0.2, 0) is 0 Å². The third kappa shape index (κ3) is 2.11. The van der Waals surface area contributed by atoms with E-state index >= 15 is 0 Å². The highest BCUT2D eigenvalue weighted by Gasteiger charge is 2.18. The van der Waals surface area contributed by atoms with E-state index in [0.717, 1.165) is 0 Å². The monoisotopic (exact) mass is 259 g/mol. The summed E-state index contributed by atoms with van der Waals surface area (Å²) < 4.78 is 19.0. The predicted octanol–water partition coefficient (Wildman–Crippen LogP) is 1.33. The van der Waals surface area contributed by atoms with Crippen LogP contribution in [0.25, 0.3) is 11.3 Å². The summed E-state index contributed by atoms with van der Waals surface area (Å²) in [5.74, 6) is -0.822. The van der Waals surface area contributed by atoms with Crippen molar-refractivity contribution in [1.82, 2.24) is 9.97 Å². The van der Waals surface area contributed by atoms with E-state index in [0.29, 0.717) is 0 Å². The number of nitrogen functional groups attached to an aromatic ring is 2. The quantitative estimate of drug-likeness (QED) is 0.841. The van der Waals surface area contributed by atoms with E-state index < -0.39 is 5.82 Å². The number of hydrogen-bond donors (Lipinski definition) is 2. The first-order valence-electron chi connectivity index (χ1n) is 5.24. The first-order valence-corrected chi connectivity index (χ1v) is 5.24. The molecule has 0 aliphatic heterocycles. The Morgan fingerprint density at radius 2 is 2.05 bits per heavy atom. The standard InChI is InChI=1S/C12H10FN5O/c1-19-8-4-2-3-6(9(8)13)10-7(5-14)11(15)18-12(16)17-10/h2-4H,1H3,(H4,15,16,17,18). The Balaban J connectivity index is 2.76. The van der Waals surface area contributed by atoms with Gasteiger partial charge in [0, 0.05) is 5.56 Å². The van der Waals surface area contributed by atoms with Gasteiger partial charge in [0.15, 0.2) is 11.6 Å². The van der Waals surface area contributed by atoms with E-state index in [-0.39, 0.29) is 34.3 Å². The van der Waals surface area contributed by atoms with Gasteiger partial charge in [0.1, 0.15) is 17.5 Å². The molecule has 2 aromatic rings. The van der Waals surface area contributed by atoms with E-state index in [1.54, 1.807) is 6.07 Å². The van der Waals surface area contributed by atoms with Crippen molar-refractivity contribution in [3.63, 3.8) is 0 Å². The second-order valence-electron chi connectivity index (χ2n) is 3.62. The van der Waals surface area contributed by atoms with Gasteiger partial charge in [-0.3, -0.25) is 0 Å². The number of nitrogens with two attached hydrogens (primary N) is 2. The lowest BCUT2D eigenvalue weighted by Gasteiger charge is -2.09. The predicted molar refractivity (Wildman–Crippen MR) is 67.5 cm³/mol. The van der Waals surface area contributed by atoms with E-state index in [9.17, 15) is 4.39 Å². The molecule has 0 aliphatic carbocycles. The summed E-state index contributed by atoms with van der Waals surface area (Å²) >= 11 is 0. The lowest BCUT2D eigenvalue weighted by Crippen LogP contribution is -2.06. The molecule has 1 heterocycles. The fourth-order valence-corrected chi connectivity index (χ4v) is 1.65. The van der Waals surface area contributed by atoms with Crippen molar-refractivity contribution in [2.75, 3.05) is 18.6 Å². The number of aromatic nitrogens is 2. The molecule has 7 heteroatoms. The van der Waals surface area contributed by atoms with Crippen LogP contribution in [-0.4, -0.2) is 17.1 Å². The SMILES string of the molecule is COc1cccc(-c2nc(N)nc(N)c2C#N)c1F. The molecule has 96 valence electrons. The Kier molecular flexibility index (Phi) is 3.16. The van der Waals surface area contributed by atoms with Gasteiger partial charge in [-0.05, 0) is 12.1 Å². The van der Waals surface area contributed by atoms with Crippen molar-refractivity contribution in [3.05, 3.63) is 29.6 Å². The van der Waals surface area contributed by atoms with Crippen LogP contribution in [0, 0.1) is 17.1 Å². The van der Waals surface area contributed by atoms with Gasteiger partial charge in [0.05, 0.1) is 12.8 Å². The van der Waals surface area contributed by atoms with Crippen molar-refractivity contribution >= 4 is 11.8 Å². The summed E-state index contributed by atoms with van der Waals surface area (Å²) in [4.78, 5) is 7.55. The molecule has 0 atom stereocenters. The number of rotatable bonds is 2. The van der Waals surface area contributed by atoms with Crippen LogP contribution in [0.1, 0.15) is 5.56 Å². The number of nitrogens with zero attached hydrogens (tertiary/aromatic N) is 3. The van der Waals surface area contributed by atoms with Gasteiger partial charge in [-0.15, -0.1) is 0 Å². The van der Waals surface area contributed by atoms with Crippen LogP contribution in [0.15, 0.2) is 18.2 Å². The minimum Gasteiger partial charge on any atom is -0.494 e. The second-order valence-corrected chi connectivity index (χ2v) is 3.62. The Morgan fingerprint density at radius 1 is 1.32 bits per heavy atom. The lowest BCUT2D eigenvalue weighted by molar-refractivity contribution is 0.387. The van der Waals surface area contributed by atoms with Gasteiger partial charge >= 0.3 is 0 Å². The smallest absolute Gasteiger partial charge is 0.222 e. The molecule has 0 aliphatic rings. The maximum atomic E-state index is 14.2. The van der Waals surface area contributed by atoms with Gasteiger partial charge in [0.25, 0.3) is 0 Å². The zero-order valence-corrected chi connectivity index (χ0v) is 10.0. The third-order valence-corrected chi connectivity index (χ3v) is 2.50. The van der Waals surface area contributed by atoms with Gasteiger partial charge in [-0.2, -0.15) is 10.2 Å². The second kappa shape index (κ2) is 4.78. The number of methoxy groups -OCH3 is 1. The fraction of sp³-hybridized carbons (Fsp3) is 0.0833. The van der Waals surface area contributed by atoms with Crippen LogP contribution in [0.2, 0.25) is 0 Å². The molecule has 4 N–H and O–H groups in total. The van der Waals surface area contributed by atoms with Crippen molar-refractivity contribution in [2.24, 2.45) is 0 Å². The molecule has 0 fully saturated rings. The molecule has 1 aromatic carbocycles. The van der Waals surface area contributed by atoms with Crippen molar-refractivity contribution in [1.29, 1.82) is 5.26 Å². The van der Waals surface area contributed by atoms with Crippen LogP contribution in [0.5, 0.6) is 5.75 Å². The van der Waals surface area contributed by atoms with E-state index in [1.165, 1.54) is 19.2 Å². The van der Waals surface area contributed by atoms with Gasteiger partial charge in [-0.25, -0.2) is 9.37 Å². The van der Waals surface area contributed by atoms with Gasteiger partial charge in [0.2, 0.25) is 5.95 Å². The molecule has 0 spiro atoms. The van der Waals surface area contributed by atoms with E-state index in [4.69, 9.17) is 21.5 Å². The zero-order valence-electron chi connectivity index (χ0n) is 10.0. The number of anilines is 2. The highest BCUT2D eigenvalue weighted by atomic mass is 19.1. The maximum Gasteiger partial charge on any atom is 0.222 e. The summed E-state index contributed by atoms with van der Waals surface area (Å²) in [5, 5.41) is 9.06. The number of nitriles is 1. The van der Waals surface area contributed by atoms with Crippen molar-refractivity contribution in [2.45, 2.75) is 0 Å². The average Bonchev–Trinajstić information content (AvgIpc) is 2.38. The van der Waals surface area contributed by atoms with Crippen molar-refractivity contribution in [3.8, 4) is 23.1 Å². The third-order valence-electron chi connectivity index (χ3n) is 2.50. The Labute approximate surface area is 108 Å². The van der Waals surface area contributed by atoms with E-state index in [1.807, 2.05) is 6.07 Å². The molecule has 0 amide bonds. The molecular weight excluding hydrogens is 249 g/mol. The number of benzene rings is 1. The maximum absolute atomic E-state index is 14.2. The molecule has 1 aromatic heterocycles. The Bertz CT molecular complexity index is 681. The summed E-state index contributed by atoms with van der Waals surface area (Å²) in [6.45, 7) is 0. The summed E-state index contributed by atoms with van der Waals surface area (Å²) in [7, 11) is 1.34. The van der Waals surface area contributed by atoms with Crippen molar-refractivity contribution < 1.29 is 9.13 Å². The summed E-state index contributed by atoms with van der Waals surface area (Å²) in [6, 6.07) is 6.33. The molecule has 0 saturated carbocycles.